The molecule has 17 heavy (non-hydrogen) atoms. The van der Waals surface area contributed by atoms with Gasteiger partial charge in [-0.25, -0.2) is 4.39 Å². The quantitative estimate of drug-likeness (QED) is 0.872. The van der Waals surface area contributed by atoms with E-state index < -0.39 is 5.67 Å². The van der Waals surface area contributed by atoms with E-state index in [2.05, 4.69) is 5.32 Å². The van der Waals surface area contributed by atoms with Gasteiger partial charge in [0.15, 0.2) is 0 Å². The van der Waals surface area contributed by atoms with E-state index in [-0.39, 0.29) is 5.92 Å². The summed E-state index contributed by atoms with van der Waals surface area (Å²) in [6.45, 7) is 3.51. The minimum atomic E-state index is -1.27. The van der Waals surface area contributed by atoms with E-state index in [9.17, 15) is 4.39 Å². The number of nitrogens with one attached hydrogen (secondary N) is 1. The summed E-state index contributed by atoms with van der Waals surface area (Å²) in [5.74, 6) is 0.816. The lowest BCUT2D eigenvalue weighted by atomic mass is 9.79. The van der Waals surface area contributed by atoms with Crippen molar-refractivity contribution in [2.24, 2.45) is 5.92 Å². The highest BCUT2D eigenvalue weighted by atomic mass is 19.1. The van der Waals surface area contributed by atoms with Gasteiger partial charge in [-0.2, -0.15) is 0 Å². The Bertz CT molecular complexity index is 372. The number of hydrogen-bond acceptors (Lipinski definition) is 2. The average molecular weight is 237 g/mol. The number of piperidine rings is 1. The second-order valence-electron chi connectivity index (χ2n) is 4.83. The van der Waals surface area contributed by atoms with Gasteiger partial charge >= 0.3 is 0 Å². The average Bonchev–Trinajstić information content (AvgIpc) is 2.40. The fraction of sp³-hybridized carbons (Fsp3) is 0.571. The highest BCUT2D eigenvalue weighted by Crippen LogP contribution is 2.39. The van der Waals surface area contributed by atoms with Crippen molar-refractivity contribution < 1.29 is 9.13 Å². The Kier molecular flexibility index (Phi) is 3.67. The molecule has 2 rings (SSSR count). The summed E-state index contributed by atoms with van der Waals surface area (Å²) < 4.78 is 20.1. The van der Waals surface area contributed by atoms with E-state index in [1.807, 2.05) is 24.3 Å². The van der Waals surface area contributed by atoms with Crippen LogP contribution in [0.25, 0.3) is 0 Å². The SMILES string of the molecule is COc1cccc(C(C)(F)C2CCNCC2)c1. The predicted octanol–water partition coefficient (Wildman–Crippen LogP) is 2.88. The van der Waals surface area contributed by atoms with Crippen LogP contribution in [0.2, 0.25) is 0 Å². The second-order valence-corrected chi connectivity index (χ2v) is 4.83. The van der Waals surface area contributed by atoms with Crippen molar-refractivity contribution in [2.75, 3.05) is 20.2 Å². The monoisotopic (exact) mass is 237 g/mol. The van der Waals surface area contributed by atoms with E-state index in [1.165, 1.54) is 0 Å². The van der Waals surface area contributed by atoms with E-state index in [0.717, 1.165) is 37.2 Å². The summed E-state index contributed by atoms with van der Waals surface area (Å²) in [4.78, 5) is 0. The molecule has 1 N–H and O–H groups in total. The Hall–Kier alpha value is -1.09. The van der Waals surface area contributed by atoms with Gasteiger partial charge in [-0.05, 0) is 56.5 Å². The van der Waals surface area contributed by atoms with Crippen LogP contribution in [0.4, 0.5) is 4.39 Å². The summed E-state index contributed by atoms with van der Waals surface area (Å²) in [7, 11) is 1.61. The molecule has 1 atom stereocenters. The molecule has 1 heterocycles. The highest BCUT2D eigenvalue weighted by molar-refractivity contribution is 5.32. The van der Waals surface area contributed by atoms with Crippen LogP contribution in [0, 0.1) is 5.92 Å². The molecule has 1 aromatic carbocycles. The first kappa shape index (κ1) is 12.4. The molecule has 0 bridgehead atoms. The zero-order valence-electron chi connectivity index (χ0n) is 10.5. The number of hydrogen-bond donors (Lipinski definition) is 1. The Morgan fingerprint density at radius 3 is 2.71 bits per heavy atom. The Morgan fingerprint density at radius 1 is 1.35 bits per heavy atom. The normalized spacial score (nSPS) is 20.9. The van der Waals surface area contributed by atoms with Gasteiger partial charge in [-0.3, -0.25) is 0 Å². The van der Waals surface area contributed by atoms with Crippen LogP contribution >= 0.6 is 0 Å². The molecule has 94 valence electrons. The van der Waals surface area contributed by atoms with Gasteiger partial charge in [0.25, 0.3) is 0 Å². The maximum absolute atomic E-state index is 14.9. The van der Waals surface area contributed by atoms with Crippen LogP contribution in [0.5, 0.6) is 5.75 Å². The number of alkyl halides is 1. The van der Waals surface area contributed by atoms with Gasteiger partial charge in [0.05, 0.1) is 7.11 Å². The van der Waals surface area contributed by atoms with E-state index in [1.54, 1.807) is 14.0 Å². The number of rotatable bonds is 3. The van der Waals surface area contributed by atoms with Crippen molar-refractivity contribution in [2.45, 2.75) is 25.4 Å². The summed E-state index contributed by atoms with van der Waals surface area (Å²) in [6.07, 6.45) is 1.79. The number of methoxy groups -OCH3 is 1. The lowest BCUT2D eigenvalue weighted by Crippen LogP contribution is -2.37. The van der Waals surface area contributed by atoms with Gasteiger partial charge in [0, 0.05) is 0 Å². The molecule has 1 aromatic rings. The summed E-state index contributed by atoms with van der Waals surface area (Å²) in [6, 6.07) is 7.36. The van der Waals surface area contributed by atoms with Crippen LogP contribution in [-0.2, 0) is 5.67 Å². The minimum Gasteiger partial charge on any atom is -0.497 e. The highest BCUT2D eigenvalue weighted by Gasteiger charge is 2.36. The second kappa shape index (κ2) is 5.05. The standard InChI is InChI=1S/C14H20FNO/c1-14(15,11-6-8-16-9-7-11)12-4-3-5-13(10-12)17-2/h3-5,10-11,16H,6-9H2,1-2H3. The number of benzene rings is 1. The fourth-order valence-electron chi connectivity index (χ4n) is 2.53. The first-order chi connectivity index (χ1) is 8.14. The molecule has 1 saturated heterocycles. The van der Waals surface area contributed by atoms with Gasteiger partial charge in [-0.15, -0.1) is 0 Å². The Morgan fingerprint density at radius 2 is 2.06 bits per heavy atom. The largest absolute Gasteiger partial charge is 0.497 e. The summed E-state index contributed by atoms with van der Waals surface area (Å²) in [5, 5.41) is 3.27. The predicted molar refractivity (Wildman–Crippen MR) is 67.0 cm³/mol. The lowest BCUT2D eigenvalue weighted by molar-refractivity contribution is 0.0771. The molecule has 0 aromatic heterocycles. The molecule has 0 radical (unpaired) electrons. The third kappa shape index (κ3) is 2.60. The molecular weight excluding hydrogens is 217 g/mol. The third-order valence-corrected chi connectivity index (χ3v) is 3.74. The molecule has 1 fully saturated rings. The van der Waals surface area contributed by atoms with Gasteiger partial charge in [0.1, 0.15) is 11.4 Å². The van der Waals surface area contributed by atoms with Crippen molar-refractivity contribution in [1.29, 1.82) is 0 Å². The summed E-state index contributed by atoms with van der Waals surface area (Å²) >= 11 is 0. The summed E-state index contributed by atoms with van der Waals surface area (Å²) in [5.41, 5.74) is -0.542. The van der Waals surface area contributed by atoms with Crippen molar-refractivity contribution in [3.63, 3.8) is 0 Å². The maximum Gasteiger partial charge on any atom is 0.136 e. The maximum atomic E-state index is 14.9. The molecule has 1 aliphatic heterocycles. The first-order valence-electron chi connectivity index (χ1n) is 6.19. The van der Waals surface area contributed by atoms with Gasteiger partial charge in [0.2, 0.25) is 0 Å². The van der Waals surface area contributed by atoms with Crippen LogP contribution in [0.15, 0.2) is 24.3 Å². The Labute approximate surface area is 102 Å². The van der Waals surface area contributed by atoms with Crippen LogP contribution in [0.3, 0.4) is 0 Å². The smallest absolute Gasteiger partial charge is 0.136 e. The zero-order valence-corrected chi connectivity index (χ0v) is 10.5. The van der Waals surface area contributed by atoms with Gasteiger partial charge < -0.3 is 10.1 Å². The first-order valence-corrected chi connectivity index (χ1v) is 6.19. The molecule has 1 unspecified atom stereocenters. The Balaban J connectivity index is 2.22. The molecule has 0 spiro atoms. The zero-order chi connectivity index (χ0) is 12.3. The molecule has 0 amide bonds. The van der Waals surface area contributed by atoms with E-state index in [4.69, 9.17) is 4.74 Å². The molecular formula is C14H20FNO. The number of halogens is 1. The van der Waals surface area contributed by atoms with Crippen molar-refractivity contribution in [3.8, 4) is 5.75 Å². The minimum absolute atomic E-state index is 0.0934. The fourth-order valence-corrected chi connectivity index (χ4v) is 2.53. The third-order valence-electron chi connectivity index (χ3n) is 3.74. The van der Waals surface area contributed by atoms with E-state index in [0.29, 0.717) is 0 Å². The van der Waals surface area contributed by atoms with Crippen molar-refractivity contribution in [3.05, 3.63) is 29.8 Å². The molecule has 0 aliphatic carbocycles. The molecule has 0 saturated carbocycles. The van der Waals surface area contributed by atoms with Crippen molar-refractivity contribution in [1.82, 2.24) is 5.32 Å². The molecule has 1 aliphatic rings. The topological polar surface area (TPSA) is 21.3 Å². The van der Waals surface area contributed by atoms with Crippen LogP contribution in [-0.4, -0.2) is 20.2 Å². The lowest BCUT2D eigenvalue weighted by Gasteiger charge is -2.34. The molecule has 3 heteroatoms. The number of ether oxygens (including phenoxy) is 1. The van der Waals surface area contributed by atoms with Crippen LogP contribution in [0.1, 0.15) is 25.3 Å². The van der Waals surface area contributed by atoms with Gasteiger partial charge in [-0.1, -0.05) is 12.1 Å². The van der Waals surface area contributed by atoms with Crippen molar-refractivity contribution >= 4 is 0 Å². The van der Waals surface area contributed by atoms with Crippen LogP contribution < -0.4 is 10.1 Å². The molecule has 2 nitrogen and oxygen atoms in total. The van der Waals surface area contributed by atoms with E-state index >= 15 is 0 Å².